The van der Waals surface area contributed by atoms with Gasteiger partial charge in [-0.25, -0.2) is 0 Å². The summed E-state index contributed by atoms with van der Waals surface area (Å²) in [5.74, 6) is 0. The Morgan fingerprint density at radius 3 is 2.14 bits per heavy atom. The third kappa shape index (κ3) is 1.41. The van der Waals surface area contributed by atoms with Gasteiger partial charge in [-0.2, -0.15) is 5.26 Å². The van der Waals surface area contributed by atoms with Crippen molar-refractivity contribution in [3.8, 4) is 6.07 Å². The third-order valence-electron chi connectivity index (χ3n) is 5.20. The first-order valence-corrected chi connectivity index (χ1v) is 7.32. The smallest absolute Gasteiger partial charge is 0.392 e. The minimum Gasteiger partial charge on any atom is -0.392 e. The van der Waals surface area contributed by atoms with Gasteiger partial charge in [-0.3, -0.25) is 0 Å². The molecule has 0 spiro atoms. The number of hydrogen-bond donors (Lipinski definition) is 0. The predicted octanol–water partition coefficient (Wildman–Crippen LogP) is 3.77. The van der Waals surface area contributed by atoms with E-state index in [1.165, 1.54) is 4.49 Å². The summed E-state index contributed by atoms with van der Waals surface area (Å²) in [6, 6.07) is 2.07. The van der Waals surface area contributed by atoms with E-state index in [1.54, 1.807) is 20.8 Å². The van der Waals surface area contributed by atoms with Gasteiger partial charge >= 0.3 is 6.97 Å². The van der Waals surface area contributed by atoms with Crippen molar-refractivity contribution >= 4 is 18.3 Å². The van der Waals surface area contributed by atoms with E-state index in [4.69, 9.17) is 0 Å². The Bertz CT molecular complexity index is 876. The monoisotopic (exact) mass is 301 g/mol. The van der Waals surface area contributed by atoms with Gasteiger partial charge in [0, 0.05) is 35.0 Å². The van der Waals surface area contributed by atoms with E-state index < -0.39 is 6.97 Å². The molecule has 0 saturated carbocycles. The first-order valence-electron chi connectivity index (χ1n) is 7.32. The third-order valence-corrected chi connectivity index (χ3v) is 5.20. The number of rotatable bonds is 0. The Morgan fingerprint density at radius 2 is 1.59 bits per heavy atom. The van der Waals surface area contributed by atoms with Crippen LogP contribution in [-0.4, -0.2) is 21.6 Å². The van der Waals surface area contributed by atoms with Crippen molar-refractivity contribution in [1.29, 1.82) is 5.26 Å². The van der Waals surface area contributed by atoms with Crippen LogP contribution < -0.4 is 0 Å². The molecule has 2 aliphatic heterocycles. The number of fused-ring (bicyclic) bond motifs is 2. The predicted molar refractivity (Wildman–Crippen MR) is 83.9 cm³/mol. The van der Waals surface area contributed by atoms with Gasteiger partial charge in [0.25, 0.3) is 0 Å². The summed E-state index contributed by atoms with van der Waals surface area (Å²) in [5, 5.41) is 9.31. The number of halogens is 2. The van der Waals surface area contributed by atoms with Gasteiger partial charge in [-0.1, -0.05) is 0 Å². The highest BCUT2D eigenvalue weighted by atomic mass is 19.2. The maximum absolute atomic E-state index is 15.3. The van der Waals surface area contributed by atoms with Gasteiger partial charge in [0.1, 0.15) is 11.8 Å². The average Bonchev–Trinajstić information content (AvgIpc) is 2.84. The summed E-state index contributed by atoms with van der Waals surface area (Å²) in [4.78, 5) is 0. The Hall–Kier alpha value is -2.16. The molecule has 0 fully saturated rings. The highest BCUT2D eigenvalue weighted by molar-refractivity contribution is 6.58. The van der Waals surface area contributed by atoms with E-state index in [1.807, 2.05) is 20.8 Å². The molecule has 0 atom stereocenters. The molecular formula is C16H18BF2N3. The molecule has 0 aliphatic carbocycles. The van der Waals surface area contributed by atoms with Crippen LogP contribution >= 0.6 is 0 Å². The molecule has 2 aliphatic rings. The van der Waals surface area contributed by atoms with Crippen molar-refractivity contribution < 1.29 is 13.1 Å². The SMILES string of the molecule is CC1=C(C)C(C)=[N+]2C1=C(C)c1c(C)c(C#N)c(C)n1[B-]2(F)F. The lowest BCUT2D eigenvalue weighted by molar-refractivity contribution is -0.363. The lowest BCUT2D eigenvalue weighted by Crippen LogP contribution is -2.51. The van der Waals surface area contributed by atoms with Crippen molar-refractivity contribution in [3.63, 3.8) is 0 Å². The fourth-order valence-corrected chi connectivity index (χ4v) is 3.93. The van der Waals surface area contributed by atoms with Gasteiger partial charge < -0.3 is 17.6 Å². The van der Waals surface area contributed by atoms with E-state index in [9.17, 15) is 5.26 Å². The van der Waals surface area contributed by atoms with Gasteiger partial charge in [0.15, 0.2) is 5.70 Å². The highest BCUT2D eigenvalue weighted by Crippen LogP contribution is 2.43. The van der Waals surface area contributed by atoms with Crippen molar-refractivity contribution in [2.24, 2.45) is 0 Å². The van der Waals surface area contributed by atoms with Crippen LogP contribution in [0, 0.1) is 25.2 Å². The first-order chi connectivity index (χ1) is 10.2. The molecular weight excluding hydrogens is 283 g/mol. The van der Waals surface area contributed by atoms with Crippen LogP contribution in [0.5, 0.6) is 0 Å². The maximum Gasteiger partial charge on any atom is 0.737 e. The number of hydrogen-bond acceptors (Lipinski definition) is 1. The van der Waals surface area contributed by atoms with Gasteiger partial charge in [0.2, 0.25) is 0 Å². The summed E-state index contributed by atoms with van der Waals surface area (Å²) in [5.41, 5.74) is 5.61. The van der Waals surface area contributed by atoms with Gasteiger partial charge in [0.05, 0.1) is 5.56 Å². The second-order valence-electron chi connectivity index (χ2n) is 6.18. The summed E-state index contributed by atoms with van der Waals surface area (Å²) in [6.07, 6.45) is 0. The maximum atomic E-state index is 15.3. The Labute approximate surface area is 128 Å². The summed E-state index contributed by atoms with van der Waals surface area (Å²) >= 11 is 0. The summed E-state index contributed by atoms with van der Waals surface area (Å²) in [6.45, 7) is 6.72. The van der Waals surface area contributed by atoms with Crippen LogP contribution in [0.25, 0.3) is 5.57 Å². The second-order valence-corrected chi connectivity index (χ2v) is 6.18. The van der Waals surface area contributed by atoms with E-state index in [0.29, 0.717) is 33.9 Å². The molecule has 0 aromatic carbocycles. The zero-order valence-electron chi connectivity index (χ0n) is 13.7. The topological polar surface area (TPSA) is 31.7 Å². The molecule has 22 heavy (non-hydrogen) atoms. The van der Waals surface area contributed by atoms with Crippen molar-refractivity contribution in [3.05, 3.63) is 39.4 Å². The molecule has 1 aromatic rings. The van der Waals surface area contributed by atoms with E-state index in [0.717, 1.165) is 21.2 Å². The number of aromatic nitrogens is 1. The van der Waals surface area contributed by atoms with Crippen LogP contribution in [-0.2, 0) is 0 Å². The molecule has 114 valence electrons. The second kappa shape index (κ2) is 4.19. The Balaban J connectivity index is 2.53. The van der Waals surface area contributed by atoms with Gasteiger partial charge in [-0.05, 0) is 40.2 Å². The van der Waals surface area contributed by atoms with E-state index in [2.05, 4.69) is 6.07 Å². The lowest BCUT2D eigenvalue weighted by atomic mass is 9.86. The largest absolute Gasteiger partial charge is 0.737 e. The van der Waals surface area contributed by atoms with Crippen molar-refractivity contribution in [2.75, 3.05) is 0 Å². The molecule has 6 heteroatoms. The Morgan fingerprint density at radius 1 is 1.00 bits per heavy atom. The van der Waals surface area contributed by atoms with Crippen LogP contribution in [0.15, 0.2) is 16.8 Å². The van der Waals surface area contributed by atoms with Crippen LogP contribution in [0.4, 0.5) is 8.63 Å². The highest BCUT2D eigenvalue weighted by Gasteiger charge is 2.55. The molecule has 0 N–H and O–H groups in total. The number of nitrogens with zero attached hydrogens (tertiary/aromatic N) is 3. The molecule has 1 aromatic heterocycles. The van der Waals surface area contributed by atoms with Crippen LogP contribution in [0.1, 0.15) is 50.2 Å². The van der Waals surface area contributed by atoms with Crippen molar-refractivity contribution in [2.45, 2.75) is 41.5 Å². The van der Waals surface area contributed by atoms with Crippen LogP contribution in [0.2, 0.25) is 0 Å². The summed E-state index contributed by atoms with van der Waals surface area (Å²) in [7, 11) is 0. The van der Waals surface area contributed by atoms with E-state index >= 15 is 8.63 Å². The molecule has 3 rings (SSSR count). The fourth-order valence-electron chi connectivity index (χ4n) is 3.93. The average molecular weight is 301 g/mol. The van der Waals surface area contributed by atoms with Crippen molar-refractivity contribution in [1.82, 2.24) is 4.48 Å². The molecule has 0 amide bonds. The molecule has 3 heterocycles. The minimum atomic E-state index is -3.99. The summed E-state index contributed by atoms with van der Waals surface area (Å²) < 4.78 is 32.8. The zero-order chi connectivity index (χ0) is 16.6. The minimum absolute atomic E-state index is 0.341. The number of allylic oxidation sites excluding steroid dienone is 3. The number of nitriles is 1. The molecule has 3 nitrogen and oxygen atoms in total. The van der Waals surface area contributed by atoms with Gasteiger partial charge in [-0.15, -0.1) is 0 Å². The lowest BCUT2D eigenvalue weighted by Gasteiger charge is -2.32. The molecule has 0 radical (unpaired) electrons. The molecule has 0 saturated heterocycles. The first kappa shape index (κ1) is 14.8. The van der Waals surface area contributed by atoms with E-state index in [-0.39, 0.29) is 0 Å². The quantitative estimate of drug-likeness (QED) is 0.671. The zero-order valence-corrected chi connectivity index (χ0v) is 13.7. The Kier molecular flexibility index (Phi) is 2.81. The molecule has 0 bridgehead atoms. The standard InChI is InChI=1S/C16H18BF2N3/c1-8-9(2)15-11(4)16-10(3)14(7-20)13(6)22(16)17(18,19)21(15)12(8)5/h1-6H3. The normalized spacial score (nSPS) is 19.6. The van der Waals surface area contributed by atoms with Crippen LogP contribution in [0.3, 0.4) is 0 Å². The molecule has 0 unspecified atom stereocenters. The fraction of sp³-hybridized carbons (Fsp3) is 0.375.